The number of rotatable bonds is 7. The molecular formula is C12H17NO3. The number of carbonyl (C=O) groups is 1. The van der Waals surface area contributed by atoms with E-state index in [1.165, 1.54) is 0 Å². The predicted octanol–water partition coefficient (Wildman–Crippen LogP) is 0.702. The van der Waals surface area contributed by atoms with Gasteiger partial charge in [-0.05, 0) is 5.56 Å². The maximum absolute atomic E-state index is 11.3. The molecule has 16 heavy (non-hydrogen) atoms. The number of benzene rings is 1. The van der Waals surface area contributed by atoms with Crippen molar-refractivity contribution in [2.45, 2.75) is 13.0 Å². The standard InChI is InChI=1S/C12H17NO3/c14-9-8-13-7-6-12(15)16-10-11-4-2-1-3-5-11/h1-5,13-14H,6-10H2. The number of esters is 1. The number of hydrogen-bond acceptors (Lipinski definition) is 4. The van der Waals surface area contributed by atoms with Gasteiger partial charge in [-0.1, -0.05) is 30.3 Å². The van der Waals surface area contributed by atoms with Gasteiger partial charge in [0.1, 0.15) is 6.61 Å². The quantitative estimate of drug-likeness (QED) is 0.528. The van der Waals surface area contributed by atoms with Gasteiger partial charge >= 0.3 is 5.97 Å². The molecule has 0 saturated carbocycles. The lowest BCUT2D eigenvalue weighted by atomic mass is 10.2. The van der Waals surface area contributed by atoms with Crippen molar-refractivity contribution in [3.63, 3.8) is 0 Å². The normalized spacial score (nSPS) is 10.1. The number of nitrogens with one attached hydrogen (secondary N) is 1. The van der Waals surface area contributed by atoms with E-state index in [4.69, 9.17) is 9.84 Å². The zero-order valence-electron chi connectivity index (χ0n) is 9.19. The van der Waals surface area contributed by atoms with Crippen molar-refractivity contribution in [1.29, 1.82) is 0 Å². The van der Waals surface area contributed by atoms with E-state index in [0.29, 0.717) is 26.1 Å². The van der Waals surface area contributed by atoms with Crippen LogP contribution in [0.2, 0.25) is 0 Å². The van der Waals surface area contributed by atoms with E-state index in [9.17, 15) is 4.79 Å². The summed E-state index contributed by atoms with van der Waals surface area (Å²) in [5, 5.41) is 11.4. The van der Waals surface area contributed by atoms with E-state index in [1.807, 2.05) is 30.3 Å². The van der Waals surface area contributed by atoms with Gasteiger partial charge in [-0.15, -0.1) is 0 Å². The highest BCUT2D eigenvalue weighted by atomic mass is 16.5. The minimum absolute atomic E-state index is 0.0824. The lowest BCUT2D eigenvalue weighted by molar-refractivity contribution is -0.144. The first-order valence-electron chi connectivity index (χ1n) is 5.34. The summed E-state index contributed by atoms with van der Waals surface area (Å²) < 4.78 is 5.07. The summed E-state index contributed by atoms with van der Waals surface area (Å²) in [6.07, 6.45) is 0.326. The molecule has 0 radical (unpaired) electrons. The van der Waals surface area contributed by atoms with Gasteiger partial charge in [0.15, 0.2) is 0 Å². The zero-order valence-corrected chi connectivity index (χ0v) is 9.19. The molecule has 0 fully saturated rings. The Hall–Kier alpha value is -1.39. The Morgan fingerprint density at radius 1 is 1.25 bits per heavy atom. The van der Waals surface area contributed by atoms with Gasteiger partial charge in [-0.3, -0.25) is 4.79 Å². The molecule has 0 unspecified atom stereocenters. The Balaban J connectivity index is 2.11. The third kappa shape index (κ3) is 5.48. The first-order valence-corrected chi connectivity index (χ1v) is 5.34. The fourth-order valence-electron chi connectivity index (χ4n) is 1.20. The van der Waals surface area contributed by atoms with Gasteiger partial charge in [0.2, 0.25) is 0 Å². The van der Waals surface area contributed by atoms with Crippen molar-refractivity contribution in [2.75, 3.05) is 19.7 Å². The molecule has 0 saturated heterocycles. The van der Waals surface area contributed by atoms with Gasteiger partial charge in [0, 0.05) is 13.1 Å². The van der Waals surface area contributed by atoms with Gasteiger partial charge in [0.05, 0.1) is 13.0 Å². The van der Waals surface area contributed by atoms with Crippen molar-refractivity contribution in [1.82, 2.24) is 5.32 Å². The Morgan fingerprint density at radius 2 is 2.00 bits per heavy atom. The molecule has 1 aromatic rings. The molecule has 0 spiro atoms. The van der Waals surface area contributed by atoms with E-state index in [1.54, 1.807) is 0 Å². The molecule has 1 aromatic carbocycles. The summed E-state index contributed by atoms with van der Waals surface area (Å²) in [7, 11) is 0. The molecule has 0 heterocycles. The summed E-state index contributed by atoms with van der Waals surface area (Å²) in [6.45, 7) is 1.44. The molecule has 0 aliphatic rings. The summed E-state index contributed by atoms with van der Waals surface area (Å²) in [5.74, 6) is -0.228. The highest BCUT2D eigenvalue weighted by molar-refractivity contribution is 5.69. The smallest absolute Gasteiger partial charge is 0.307 e. The molecule has 1 rings (SSSR count). The van der Waals surface area contributed by atoms with Crippen molar-refractivity contribution >= 4 is 5.97 Å². The van der Waals surface area contributed by atoms with Crippen LogP contribution in [0.3, 0.4) is 0 Å². The van der Waals surface area contributed by atoms with Crippen molar-refractivity contribution in [2.24, 2.45) is 0 Å². The van der Waals surface area contributed by atoms with Crippen molar-refractivity contribution in [3.8, 4) is 0 Å². The second-order valence-electron chi connectivity index (χ2n) is 3.37. The lowest BCUT2D eigenvalue weighted by Gasteiger charge is -2.05. The van der Waals surface area contributed by atoms with E-state index in [-0.39, 0.29) is 12.6 Å². The maximum atomic E-state index is 11.3. The Morgan fingerprint density at radius 3 is 2.69 bits per heavy atom. The zero-order chi connectivity index (χ0) is 11.6. The first-order chi connectivity index (χ1) is 7.83. The van der Waals surface area contributed by atoms with Crippen molar-refractivity contribution < 1.29 is 14.6 Å². The monoisotopic (exact) mass is 223 g/mol. The number of hydrogen-bond donors (Lipinski definition) is 2. The fourth-order valence-corrected chi connectivity index (χ4v) is 1.20. The Kier molecular flexibility index (Phi) is 6.22. The van der Waals surface area contributed by atoms with Crippen LogP contribution < -0.4 is 5.32 Å². The minimum atomic E-state index is -0.228. The SMILES string of the molecule is O=C(CCNCCO)OCc1ccccc1. The maximum Gasteiger partial charge on any atom is 0.307 e. The molecule has 0 amide bonds. The molecule has 0 aromatic heterocycles. The van der Waals surface area contributed by atoms with Crippen LogP contribution in [-0.2, 0) is 16.1 Å². The van der Waals surface area contributed by atoms with Crippen LogP contribution in [0.15, 0.2) is 30.3 Å². The number of aliphatic hydroxyl groups is 1. The van der Waals surface area contributed by atoms with Crippen LogP contribution in [0.1, 0.15) is 12.0 Å². The molecule has 0 aliphatic carbocycles. The molecule has 0 atom stereocenters. The van der Waals surface area contributed by atoms with Gasteiger partial charge in [0.25, 0.3) is 0 Å². The largest absolute Gasteiger partial charge is 0.461 e. The summed E-state index contributed by atoms with van der Waals surface area (Å²) in [4.78, 5) is 11.3. The summed E-state index contributed by atoms with van der Waals surface area (Å²) in [5.41, 5.74) is 0.985. The summed E-state index contributed by atoms with van der Waals surface area (Å²) in [6, 6.07) is 9.57. The molecule has 2 N–H and O–H groups in total. The van der Waals surface area contributed by atoms with E-state index < -0.39 is 0 Å². The van der Waals surface area contributed by atoms with Crippen LogP contribution in [0.25, 0.3) is 0 Å². The Labute approximate surface area is 95.2 Å². The highest BCUT2D eigenvalue weighted by Gasteiger charge is 2.02. The van der Waals surface area contributed by atoms with E-state index in [2.05, 4.69) is 5.32 Å². The van der Waals surface area contributed by atoms with Crippen LogP contribution in [-0.4, -0.2) is 30.8 Å². The lowest BCUT2D eigenvalue weighted by Crippen LogP contribution is -2.22. The summed E-state index contributed by atoms with van der Waals surface area (Å²) >= 11 is 0. The van der Waals surface area contributed by atoms with Crippen LogP contribution >= 0.6 is 0 Å². The topological polar surface area (TPSA) is 58.6 Å². The highest BCUT2D eigenvalue weighted by Crippen LogP contribution is 2.01. The second kappa shape index (κ2) is 7.84. The minimum Gasteiger partial charge on any atom is -0.461 e. The fraction of sp³-hybridized carbons (Fsp3) is 0.417. The third-order valence-electron chi connectivity index (χ3n) is 2.04. The van der Waals surface area contributed by atoms with E-state index >= 15 is 0 Å². The van der Waals surface area contributed by atoms with Crippen LogP contribution in [0.4, 0.5) is 0 Å². The number of ether oxygens (including phenoxy) is 1. The molecule has 4 nitrogen and oxygen atoms in total. The van der Waals surface area contributed by atoms with E-state index in [0.717, 1.165) is 5.56 Å². The number of carbonyl (C=O) groups excluding carboxylic acids is 1. The molecule has 88 valence electrons. The molecular weight excluding hydrogens is 206 g/mol. The average Bonchev–Trinajstić information content (AvgIpc) is 2.33. The predicted molar refractivity (Wildman–Crippen MR) is 60.8 cm³/mol. The van der Waals surface area contributed by atoms with Gasteiger partial charge < -0.3 is 15.2 Å². The average molecular weight is 223 g/mol. The third-order valence-corrected chi connectivity index (χ3v) is 2.04. The Bertz CT molecular complexity index is 300. The van der Waals surface area contributed by atoms with Crippen LogP contribution in [0, 0.1) is 0 Å². The van der Waals surface area contributed by atoms with Gasteiger partial charge in [-0.2, -0.15) is 0 Å². The second-order valence-corrected chi connectivity index (χ2v) is 3.37. The first kappa shape index (κ1) is 12.7. The molecule has 0 bridgehead atoms. The van der Waals surface area contributed by atoms with Crippen molar-refractivity contribution in [3.05, 3.63) is 35.9 Å². The molecule has 0 aliphatic heterocycles. The van der Waals surface area contributed by atoms with Gasteiger partial charge in [-0.25, -0.2) is 0 Å². The molecule has 4 heteroatoms. The number of aliphatic hydroxyl groups excluding tert-OH is 1. The van der Waals surface area contributed by atoms with Crippen LogP contribution in [0.5, 0.6) is 0 Å².